The molecule has 0 aromatic heterocycles. The highest BCUT2D eigenvalue weighted by Crippen LogP contribution is 2.19. The molecule has 0 atom stereocenters. The lowest BCUT2D eigenvalue weighted by atomic mass is 10.3. The first kappa shape index (κ1) is 13.2. The maximum absolute atomic E-state index is 11.3. The van der Waals surface area contributed by atoms with Crippen LogP contribution in [0.25, 0.3) is 0 Å². The molecule has 0 bridgehead atoms. The Hall–Kier alpha value is -1.89. The Morgan fingerprint density at radius 3 is 2.53 bits per heavy atom. The van der Waals surface area contributed by atoms with Crippen molar-refractivity contribution in [2.75, 3.05) is 11.7 Å². The van der Waals surface area contributed by atoms with Gasteiger partial charge in [-0.15, -0.1) is 0 Å². The second-order valence-electron chi connectivity index (χ2n) is 3.17. The van der Waals surface area contributed by atoms with Crippen LogP contribution in [0.3, 0.4) is 0 Å². The van der Waals surface area contributed by atoms with Crippen LogP contribution in [0.15, 0.2) is 43.0 Å². The molecule has 0 unspecified atom stereocenters. The number of carbonyl (C=O) groups excluding carboxylic acids is 1. The Morgan fingerprint density at radius 1 is 1.41 bits per heavy atom. The standard InChI is InChI=1S/C11H13NO5/c1-2-8-17-10(13)11(14,15)12(16)9-6-4-3-5-7-9/h2-7,14-16H,1,8H2. The fourth-order valence-corrected chi connectivity index (χ4v) is 1.07. The molecule has 0 radical (unpaired) electrons. The Bertz CT molecular complexity index is 390. The molecule has 0 spiro atoms. The van der Waals surface area contributed by atoms with Crippen molar-refractivity contribution >= 4 is 11.7 Å². The highest BCUT2D eigenvalue weighted by atomic mass is 16.7. The van der Waals surface area contributed by atoms with Crippen LogP contribution in [0, 0.1) is 0 Å². The Morgan fingerprint density at radius 2 is 2.00 bits per heavy atom. The molecule has 17 heavy (non-hydrogen) atoms. The number of esters is 1. The lowest BCUT2D eigenvalue weighted by Crippen LogP contribution is -2.54. The van der Waals surface area contributed by atoms with Gasteiger partial charge in [-0.25, -0.2) is 4.79 Å². The summed E-state index contributed by atoms with van der Waals surface area (Å²) in [7, 11) is 0. The molecular weight excluding hydrogens is 226 g/mol. The van der Waals surface area contributed by atoms with Crippen LogP contribution >= 0.6 is 0 Å². The molecule has 1 aromatic rings. The largest absolute Gasteiger partial charge is 0.456 e. The summed E-state index contributed by atoms with van der Waals surface area (Å²) in [5.41, 5.74) is 0.0352. The van der Waals surface area contributed by atoms with Gasteiger partial charge in [-0.05, 0) is 12.1 Å². The minimum absolute atomic E-state index is 0.0123. The summed E-state index contributed by atoms with van der Waals surface area (Å²) in [5.74, 6) is -4.55. The molecule has 3 N–H and O–H groups in total. The van der Waals surface area contributed by atoms with Crippen LogP contribution in [0.4, 0.5) is 5.69 Å². The first-order valence-corrected chi connectivity index (χ1v) is 4.77. The van der Waals surface area contributed by atoms with Gasteiger partial charge >= 0.3 is 11.9 Å². The van der Waals surface area contributed by atoms with Crippen molar-refractivity contribution in [3.8, 4) is 0 Å². The predicted octanol–water partition coefficient (Wildman–Crippen LogP) is 0.250. The minimum Gasteiger partial charge on any atom is -0.456 e. The summed E-state index contributed by atoms with van der Waals surface area (Å²) in [6.45, 7) is 3.11. The van der Waals surface area contributed by atoms with E-state index in [1.165, 1.54) is 18.2 Å². The molecule has 0 aliphatic heterocycles. The SMILES string of the molecule is C=CCOC(=O)C(O)(O)N(O)c1ccccc1. The van der Waals surface area contributed by atoms with E-state index in [1.54, 1.807) is 18.2 Å². The zero-order valence-electron chi connectivity index (χ0n) is 8.98. The van der Waals surface area contributed by atoms with Crippen LogP contribution < -0.4 is 5.06 Å². The number of para-hydroxylation sites is 1. The number of hydroxylamine groups is 1. The van der Waals surface area contributed by atoms with E-state index in [1.807, 2.05) is 0 Å². The van der Waals surface area contributed by atoms with Gasteiger partial charge in [0, 0.05) is 0 Å². The molecule has 1 rings (SSSR count). The van der Waals surface area contributed by atoms with Gasteiger partial charge in [-0.1, -0.05) is 30.9 Å². The van der Waals surface area contributed by atoms with Crippen molar-refractivity contribution in [3.63, 3.8) is 0 Å². The maximum atomic E-state index is 11.3. The highest BCUT2D eigenvalue weighted by Gasteiger charge is 2.42. The van der Waals surface area contributed by atoms with Gasteiger partial charge in [0.2, 0.25) is 0 Å². The average Bonchev–Trinajstić information content (AvgIpc) is 2.35. The van der Waals surface area contributed by atoms with E-state index >= 15 is 0 Å². The van der Waals surface area contributed by atoms with Crippen LogP contribution in [0.5, 0.6) is 0 Å². The maximum Gasteiger partial charge on any atom is 0.392 e. The lowest BCUT2D eigenvalue weighted by molar-refractivity contribution is -0.226. The van der Waals surface area contributed by atoms with Crippen LogP contribution in [0.1, 0.15) is 0 Å². The van der Waals surface area contributed by atoms with Crippen molar-refractivity contribution in [1.29, 1.82) is 0 Å². The average molecular weight is 239 g/mol. The first-order valence-electron chi connectivity index (χ1n) is 4.77. The summed E-state index contributed by atoms with van der Waals surface area (Å²) in [6.07, 6.45) is 1.26. The third-order valence-electron chi connectivity index (χ3n) is 1.90. The number of rotatable bonds is 5. The molecule has 0 saturated heterocycles. The summed E-state index contributed by atoms with van der Waals surface area (Å²) in [4.78, 5) is 11.3. The van der Waals surface area contributed by atoms with Gasteiger partial charge in [0.25, 0.3) is 0 Å². The lowest BCUT2D eigenvalue weighted by Gasteiger charge is -2.28. The molecule has 0 fully saturated rings. The monoisotopic (exact) mass is 239 g/mol. The number of hydrogen-bond donors (Lipinski definition) is 3. The topological polar surface area (TPSA) is 90.2 Å². The van der Waals surface area contributed by atoms with E-state index in [0.29, 0.717) is 0 Å². The third-order valence-corrected chi connectivity index (χ3v) is 1.90. The van der Waals surface area contributed by atoms with Crippen molar-refractivity contribution in [3.05, 3.63) is 43.0 Å². The Balaban J connectivity index is 2.82. The van der Waals surface area contributed by atoms with Crippen molar-refractivity contribution in [2.24, 2.45) is 0 Å². The number of ether oxygens (including phenoxy) is 1. The number of nitrogens with zero attached hydrogens (tertiary/aromatic N) is 1. The molecule has 0 saturated carbocycles. The molecule has 92 valence electrons. The van der Waals surface area contributed by atoms with E-state index in [2.05, 4.69) is 11.3 Å². The molecular formula is C11H13NO5. The summed E-state index contributed by atoms with van der Waals surface area (Å²) in [5, 5.41) is 28.4. The Labute approximate surface area is 97.9 Å². The zero-order chi connectivity index (χ0) is 12.9. The van der Waals surface area contributed by atoms with Crippen LogP contribution in [-0.4, -0.2) is 33.9 Å². The molecule has 6 nitrogen and oxygen atoms in total. The van der Waals surface area contributed by atoms with Gasteiger partial charge in [0.15, 0.2) is 0 Å². The number of anilines is 1. The normalized spacial score (nSPS) is 10.8. The Kier molecular flexibility index (Phi) is 4.22. The second kappa shape index (κ2) is 5.44. The molecule has 0 amide bonds. The van der Waals surface area contributed by atoms with Gasteiger partial charge in [-0.3, -0.25) is 5.21 Å². The third kappa shape index (κ3) is 3.04. The van der Waals surface area contributed by atoms with E-state index in [-0.39, 0.29) is 17.4 Å². The van der Waals surface area contributed by atoms with Crippen molar-refractivity contribution in [2.45, 2.75) is 5.91 Å². The van der Waals surface area contributed by atoms with E-state index in [4.69, 9.17) is 0 Å². The van der Waals surface area contributed by atoms with E-state index in [9.17, 15) is 20.2 Å². The first-order chi connectivity index (χ1) is 8.00. The predicted molar refractivity (Wildman–Crippen MR) is 59.0 cm³/mol. The van der Waals surface area contributed by atoms with Gasteiger partial charge in [0.1, 0.15) is 6.61 Å². The summed E-state index contributed by atoms with van der Waals surface area (Å²) < 4.78 is 4.44. The van der Waals surface area contributed by atoms with Gasteiger partial charge in [-0.2, -0.15) is 5.06 Å². The quantitative estimate of drug-likeness (QED) is 0.295. The van der Waals surface area contributed by atoms with Crippen molar-refractivity contribution < 1.29 is 25.0 Å². The van der Waals surface area contributed by atoms with E-state index in [0.717, 1.165) is 0 Å². The summed E-state index contributed by atoms with van der Waals surface area (Å²) >= 11 is 0. The van der Waals surface area contributed by atoms with E-state index < -0.39 is 11.9 Å². The number of benzene rings is 1. The van der Waals surface area contributed by atoms with Gasteiger partial charge in [0.05, 0.1) is 5.69 Å². The number of carbonyl (C=O) groups is 1. The molecule has 6 heteroatoms. The number of aliphatic hydroxyl groups is 2. The molecule has 0 aliphatic rings. The molecule has 0 aliphatic carbocycles. The summed E-state index contributed by atoms with van der Waals surface area (Å²) in [6, 6.07) is 7.57. The molecule has 1 aromatic carbocycles. The zero-order valence-corrected chi connectivity index (χ0v) is 8.98. The van der Waals surface area contributed by atoms with Crippen molar-refractivity contribution in [1.82, 2.24) is 0 Å². The number of hydrogen-bond acceptors (Lipinski definition) is 6. The van der Waals surface area contributed by atoms with Crippen LogP contribution in [-0.2, 0) is 9.53 Å². The fourth-order valence-electron chi connectivity index (χ4n) is 1.07. The molecule has 0 heterocycles. The fraction of sp³-hybridized carbons (Fsp3) is 0.182. The van der Waals surface area contributed by atoms with Gasteiger partial charge < -0.3 is 14.9 Å². The highest BCUT2D eigenvalue weighted by molar-refractivity contribution is 5.80. The second-order valence-corrected chi connectivity index (χ2v) is 3.17. The smallest absolute Gasteiger partial charge is 0.392 e. The van der Waals surface area contributed by atoms with Crippen LogP contribution in [0.2, 0.25) is 0 Å². The minimum atomic E-state index is -3.15.